The summed E-state index contributed by atoms with van der Waals surface area (Å²) in [5.41, 5.74) is 6.29. The molecule has 1 heterocycles. The van der Waals surface area contributed by atoms with Crippen molar-refractivity contribution in [2.24, 2.45) is 5.73 Å². The van der Waals surface area contributed by atoms with Gasteiger partial charge < -0.3 is 10.5 Å². The first-order chi connectivity index (χ1) is 7.51. The second-order valence-electron chi connectivity index (χ2n) is 3.50. The monoisotopic (exact) mass is 244 g/mol. The van der Waals surface area contributed by atoms with Gasteiger partial charge in [0.15, 0.2) is 9.84 Å². The zero-order valence-electron chi connectivity index (χ0n) is 9.22. The standard InChI is InChI=1S/C10H16N2O3S/c1-16(13,14)7-6-15-10-3-2-9(4-5-11)12-8-10/h2-3,8H,4-7,11H2,1H3. The third-order valence-electron chi connectivity index (χ3n) is 1.92. The number of sulfone groups is 1. The highest BCUT2D eigenvalue weighted by Crippen LogP contribution is 2.09. The third kappa shape index (κ3) is 5.09. The SMILES string of the molecule is CS(=O)(=O)CCOc1ccc(CCN)nc1. The first-order valence-corrected chi connectivity index (χ1v) is 7.03. The number of rotatable bonds is 6. The van der Waals surface area contributed by atoms with E-state index in [1.807, 2.05) is 6.07 Å². The van der Waals surface area contributed by atoms with Crippen molar-refractivity contribution < 1.29 is 13.2 Å². The maximum atomic E-state index is 10.9. The Morgan fingerprint density at radius 2 is 2.19 bits per heavy atom. The minimum atomic E-state index is -2.97. The number of hydrogen-bond donors (Lipinski definition) is 1. The molecule has 0 atom stereocenters. The van der Waals surface area contributed by atoms with Crippen molar-refractivity contribution >= 4 is 9.84 Å². The summed E-state index contributed by atoms with van der Waals surface area (Å²) < 4.78 is 26.9. The topological polar surface area (TPSA) is 82.3 Å². The number of hydrogen-bond acceptors (Lipinski definition) is 5. The molecule has 0 aliphatic heterocycles. The van der Waals surface area contributed by atoms with E-state index in [2.05, 4.69) is 4.98 Å². The van der Waals surface area contributed by atoms with Crippen LogP contribution in [0.15, 0.2) is 18.3 Å². The van der Waals surface area contributed by atoms with Gasteiger partial charge in [-0.15, -0.1) is 0 Å². The quantitative estimate of drug-likeness (QED) is 0.762. The molecule has 0 amide bonds. The van der Waals surface area contributed by atoms with E-state index in [0.717, 1.165) is 12.1 Å². The second-order valence-corrected chi connectivity index (χ2v) is 5.76. The van der Waals surface area contributed by atoms with Gasteiger partial charge >= 0.3 is 0 Å². The van der Waals surface area contributed by atoms with Crippen LogP contribution in [0.25, 0.3) is 0 Å². The van der Waals surface area contributed by atoms with E-state index in [1.165, 1.54) is 6.26 Å². The van der Waals surface area contributed by atoms with Crippen molar-refractivity contribution in [1.29, 1.82) is 0 Å². The molecule has 1 aromatic heterocycles. The van der Waals surface area contributed by atoms with E-state index in [4.69, 9.17) is 10.5 Å². The van der Waals surface area contributed by atoms with E-state index in [-0.39, 0.29) is 12.4 Å². The van der Waals surface area contributed by atoms with Gasteiger partial charge in [0.25, 0.3) is 0 Å². The minimum Gasteiger partial charge on any atom is -0.491 e. The van der Waals surface area contributed by atoms with Gasteiger partial charge in [0.1, 0.15) is 12.4 Å². The molecule has 0 saturated heterocycles. The van der Waals surface area contributed by atoms with Crippen LogP contribution in [-0.2, 0) is 16.3 Å². The lowest BCUT2D eigenvalue weighted by molar-refractivity contribution is 0.339. The summed E-state index contributed by atoms with van der Waals surface area (Å²) in [6.45, 7) is 0.706. The molecule has 0 saturated carbocycles. The Kier molecular flexibility index (Phi) is 4.70. The predicted molar refractivity (Wildman–Crippen MR) is 62.2 cm³/mol. The van der Waals surface area contributed by atoms with Crippen LogP contribution in [0.1, 0.15) is 5.69 Å². The van der Waals surface area contributed by atoms with Crippen LogP contribution < -0.4 is 10.5 Å². The summed E-state index contributed by atoms with van der Waals surface area (Å²) in [5.74, 6) is 0.585. The minimum absolute atomic E-state index is 0.0115. The summed E-state index contributed by atoms with van der Waals surface area (Å²) in [7, 11) is -2.97. The fourth-order valence-electron chi connectivity index (χ4n) is 1.10. The Balaban J connectivity index is 2.43. The van der Waals surface area contributed by atoms with Gasteiger partial charge in [-0.2, -0.15) is 0 Å². The largest absolute Gasteiger partial charge is 0.491 e. The molecular formula is C10H16N2O3S. The van der Waals surface area contributed by atoms with Crippen molar-refractivity contribution in [3.05, 3.63) is 24.0 Å². The molecule has 0 aliphatic carbocycles. The zero-order chi connectivity index (χ0) is 12.0. The molecule has 1 aromatic rings. The lowest BCUT2D eigenvalue weighted by Crippen LogP contribution is -2.12. The van der Waals surface area contributed by atoms with Gasteiger partial charge in [0.2, 0.25) is 0 Å². The second kappa shape index (κ2) is 5.81. The van der Waals surface area contributed by atoms with Gasteiger partial charge in [0, 0.05) is 18.4 Å². The maximum Gasteiger partial charge on any atom is 0.150 e. The Bertz CT molecular complexity index is 414. The fraction of sp³-hybridized carbons (Fsp3) is 0.500. The van der Waals surface area contributed by atoms with E-state index >= 15 is 0 Å². The Labute approximate surface area is 95.6 Å². The number of pyridine rings is 1. The van der Waals surface area contributed by atoms with Gasteiger partial charge in [0.05, 0.1) is 11.9 Å². The molecule has 0 spiro atoms. The molecule has 0 aromatic carbocycles. The highest BCUT2D eigenvalue weighted by Gasteiger charge is 2.02. The predicted octanol–water partition coefficient (Wildman–Crippen LogP) is 0.00620. The van der Waals surface area contributed by atoms with Crippen LogP contribution in [-0.4, -0.2) is 38.6 Å². The van der Waals surface area contributed by atoms with Crippen molar-refractivity contribution in [3.63, 3.8) is 0 Å². The summed E-state index contributed by atoms with van der Waals surface area (Å²) in [6, 6.07) is 3.59. The summed E-state index contributed by atoms with van der Waals surface area (Å²) in [5, 5.41) is 0. The molecule has 0 radical (unpaired) electrons. The van der Waals surface area contributed by atoms with Crippen LogP contribution in [0.4, 0.5) is 0 Å². The van der Waals surface area contributed by atoms with E-state index in [1.54, 1.807) is 12.3 Å². The average Bonchev–Trinajstić information content (AvgIpc) is 2.19. The zero-order valence-corrected chi connectivity index (χ0v) is 10.0. The maximum absolute atomic E-state index is 10.9. The van der Waals surface area contributed by atoms with Crippen LogP contribution in [0.2, 0.25) is 0 Å². The molecule has 0 fully saturated rings. The van der Waals surface area contributed by atoms with Crippen LogP contribution in [0, 0.1) is 0 Å². The van der Waals surface area contributed by atoms with Gasteiger partial charge in [-0.25, -0.2) is 8.42 Å². The van der Waals surface area contributed by atoms with E-state index in [9.17, 15) is 8.42 Å². The molecule has 2 N–H and O–H groups in total. The fourth-order valence-corrected chi connectivity index (χ4v) is 1.49. The highest BCUT2D eigenvalue weighted by molar-refractivity contribution is 7.90. The summed E-state index contributed by atoms with van der Waals surface area (Å²) in [4.78, 5) is 4.13. The molecule has 6 heteroatoms. The summed E-state index contributed by atoms with van der Waals surface area (Å²) in [6.07, 6.45) is 3.48. The van der Waals surface area contributed by atoms with Crippen molar-refractivity contribution in [3.8, 4) is 5.75 Å². The number of ether oxygens (including phenoxy) is 1. The molecular weight excluding hydrogens is 228 g/mol. The Morgan fingerprint density at radius 3 is 2.69 bits per heavy atom. The molecule has 16 heavy (non-hydrogen) atoms. The number of nitrogens with zero attached hydrogens (tertiary/aromatic N) is 1. The molecule has 0 aliphatic rings. The first-order valence-electron chi connectivity index (χ1n) is 4.97. The van der Waals surface area contributed by atoms with Gasteiger partial charge in [-0.05, 0) is 18.7 Å². The molecule has 5 nitrogen and oxygen atoms in total. The van der Waals surface area contributed by atoms with Gasteiger partial charge in [-0.3, -0.25) is 4.98 Å². The molecule has 1 rings (SSSR count). The van der Waals surface area contributed by atoms with Crippen LogP contribution >= 0.6 is 0 Å². The lowest BCUT2D eigenvalue weighted by Gasteiger charge is -2.05. The summed E-state index contributed by atoms with van der Waals surface area (Å²) >= 11 is 0. The normalized spacial score (nSPS) is 11.4. The van der Waals surface area contributed by atoms with Crippen molar-refractivity contribution in [2.75, 3.05) is 25.2 Å². The van der Waals surface area contributed by atoms with E-state index in [0.29, 0.717) is 12.3 Å². The van der Waals surface area contributed by atoms with Crippen LogP contribution in [0.5, 0.6) is 5.75 Å². The Hall–Kier alpha value is -1.14. The average molecular weight is 244 g/mol. The number of nitrogens with two attached hydrogens (primary N) is 1. The smallest absolute Gasteiger partial charge is 0.150 e. The first kappa shape index (κ1) is 12.9. The molecule has 90 valence electrons. The lowest BCUT2D eigenvalue weighted by atomic mass is 10.3. The molecule has 0 bridgehead atoms. The van der Waals surface area contributed by atoms with Crippen molar-refractivity contribution in [2.45, 2.75) is 6.42 Å². The van der Waals surface area contributed by atoms with Crippen molar-refractivity contribution in [1.82, 2.24) is 4.98 Å². The molecule has 0 unspecified atom stereocenters. The number of aromatic nitrogens is 1. The van der Waals surface area contributed by atoms with Crippen LogP contribution in [0.3, 0.4) is 0 Å². The van der Waals surface area contributed by atoms with Gasteiger partial charge in [-0.1, -0.05) is 0 Å². The van der Waals surface area contributed by atoms with E-state index < -0.39 is 9.84 Å². The third-order valence-corrected chi connectivity index (χ3v) is 2.83. The Morgan fingerprint density at radius 1 is 1.44 bits per heavy atom. The highest BCUT2D eigenvalue weighted by atomic mass is 32.2.